The molecule has 1 aromatic carbocycles. The van der Waals surface area contributed by atoms with Crippen LogP contribution in [0.4, 0.5) is 0 Å². The van der Waals surface area contributed by atoms with E-state index in [0.717, 1.165) is 16.4 Å². The van der Waals surface area contributed by atoms with E-state index in [9.17, 15) is 0 Å². The minimum Gasteiger partial charge on any atom is -0.390 e. The molecule has 0 spiro atoms. The molecule has 0 aliphatic heterocycles. The zero-order chi connectivity index (χ0) is 8.97. The van der Waals surface area contributed by atoms with Crippen molar-refractivity contribution in [1.82, 2.24) is 0 Å². The molecule has 0 aliphatic rings. The number of amidine groups is 1. The molecule has 0 aromatic heterocycles. The van der Waals surface area contributed by atoms with Crippen LogP contribution in [0.3, 0.4) is 0 Å². The van der Waals surface area contributed by atoms with Gasteiger partial charge in [-0.15, -0.1) is 0 Å². The van der Waals surface area contributed by atoms with Crippen LogP contribution in [0.2, 0.25) is 0 Å². The lowest BCUT2D eigenvalue weighted by Gasteiger charge is -1.96. The summed E-state index contributed by atoms with van der Waals surface area (Å²) in [6.07, 6.45) is 1.12. The second-order valence-corrected chi connectivity index (χ2v) is 3.05. The number of hydrogen-bond donors (Lipinski definition) is 2. The highest BCUT2D eigenvalue weighted by atomic mass is 79.9. The van der Waals surface area contributed by atoms with E-state index < -0.39 is 0 Å². The van der Waals surface area contributed by atoms with E-state index in [1.54, 1.807) is 12.1 Å². The lowest BCUT2D eigenvalue weighted by molar-refractivity contribution is 1.41. The Labute approximate surface area is 78.9 Å². The third kappa shape index (κ3) is 2.17. The van der Waals surface area contributed by atoms with Crippen molar-refractivity contribution in [3.8, 4) is 0 Å². The molecule has 0 heterocycles. The molecule has 0 bridgehead atoms. The first-order valence-electron chi connectivity index (χ1n) is 3.33. The normalized spacial score (nSPS) is 10.4. The van der Waals surface area contributed by atoms with E-state index in [-0.39, 0.29) is 5.84 Å². The predicted octanol–water partition coefficient (Wildman–Crippen LogP) is 1.76. The quantitative estimate of drug-likeness (QED) is 0.556. The van der Waals surface area contributed by atoms with Crippen LogP contribution in [-0.2, 0) is 0 Å². The summed E-state index contributed by atoms with van der Waals surface area (Å²) in [6.45, 7) is 0. The molecule has 0 saturated heterocycles. The van der Waals surface area contributed by atoms with Crippen LogP contribution in [-0.4, -0.2) is 12.2 Å². The van der Waals surface area contributed by atoms with Gasteiger partial charge in [0.05, 0.1) is 6.34 Å². The lowest BCUT2D eigenvalue weighted by atomic mass is 10.2. The number of aliphatic imine (C=N–C) groups is 1. The molecule has 1 rings (SSSR count). The van der Waals surface area contributed by atoms with Crippen LogP contribution in [0.15, 0.2) is 33.7 Å². The third-order valence-electron chi connectivity index (χ3n) is 1.32. The van der Waals surface area contributed by atoms with Crippen molar-refractivity contribution in [2.24, 2.45) is 10.7 Å². The van der Waals surface area contributed by atoms with Gasteiger partial charge < -0.3 is 5.73 Å². The van der Waals surface area contributed by atoms with E-state index in [2.05, 4.69) is 20.9 Å². The molecule has 12 heavy (non-hydrogen) atoms. The van der Waals surface area contributed by atoms with Crippen LogP contribution in [0, 0.1) is 5.41 Å². The topological polar surface area (TPSA) is 62.2 Å². The van der Waals surface area contributed by atoms with Gasteiger partial charge in [0.2, 0.25) is 0 Å². The minimum absolute atomic E-state index is 0.171. The Kier molecular flexibility index (Phi) is 2.99. The maximum Gasteiger partial charge on any atom is 0.153 e. The van der Waals surface area contributed by atoms with Crippen LogP contribution in [0.5, 0.6) is 0 Å². The molecule has 0 atom stereocenters. The Hall–Kier alpha value is -1.16. The van der Waals surface area contributed by atoms with Crippen LogP contribution >= 0.6 is 15.9 Å². The smallest absolute Gasteiger partial charge is 0.153 e. The zero-order valence-electron chi connectivity index (χ0n) is 6.29. The Morgan fingerprint density at radius 2 is 2.00 bits per heavy atom. The molecule has 3 N–H and O–H groups in total. The fourth-order valence-electron chi connectivity index (χ4n) is 0.757. The molecule has 0 amide bonds. The number of nitrogens with zero attached hydrogens (tertiary/aromatic N) is 1. The first-order valence-corrected chi connectivity index (χ1v) is 4.12. The Balaban J connectivity index is 2.90. The predicted molar refractivity (Wildman–Crippen MR) is 53.7 cm³/mol. The molecule has 62 valence electrons. The summed E-state index contributed by atoms with van der Waals surface area (Å²) in [6, 6.07) is 7.32. The second kappa shape index (κ2) is 4.01. The van der Waals surface area contributed by atoms with E-state index in [1.165, 1.54) is 0 Å². The highest BCUT2D eigenvalue weighted by Gasteiger charge is 1.96. The summed E-state index contributed by atoms with van der Waals surface area (Å²) >= 11 is 3.30. The van der Waals surface area contributed by atoms with Gasteiger partial charge in [0, 0.05) is 10.0 Å². The van der Waals surface area contributed by atoms with Crippen LogP contribution in [0.25, 0.3) is 0 Å². The molecule has 0 radical (unpaired) electrons. The maximum absolute atomic E-state index is 7.41. The van der Waals surface area contributed by atoms with E-state index in [1.807, 2.05) is 12.1 Å². The highest BCUT2D eigenvalue weighted by Crippen LogP contribution is 2.10. The SMILES string of the molecule is N=C(/N=C\N)c1ccc(Br)cc1. The van der Waals surface area contributed by atoms with E-state index >= 15 is 0 Å². The van der Waals surface area contributed by atoms with Crippen LogP contribution < -0.4 is 5.73 Å². The number of benzene rings is 1. The molecule has 0 fully saturated rings. The van der Waals surface area contributed by atoms with E-state index in [4.69, 9.17) is 11.1 Å². The fraction of sp³-hybridized carbons (Fsp3) is 0. The Morgan fingerprint density at radius 1 is 1.42 bits per heavy atom. The molecular formula is C8H8BrN3. The van der Waals surface area contributed by atoms with Crippen molar-refractivity contribution in [3.05, 3.63) is 34.3 Å². The number of rotatable bonds is 1. The van der Waals surface area contributed by atoms with Gasteiger partial charge in [-0.3, -0.25) is 5.41 Å². The monoisotopic (exact) mass is 225 g/mol. The summed E-state index contributed by atoms with van der Waals surface area (Å²) in [4.78, 5) is 3.65. The average molecular weight is 226 g/mol. The molecule has 3 nitrogen and oxygen atoms in total. The number of nitrogens with two attached hydrogens (primary N) is 1. The van der Waals surface area contributed by atoms with Gasteiger partial charge in [-0.05, 0) is 12.1 Å². The molecule has 0 aliphatic carbocycles. The Morgan fingerprint density at radius 3 is 2.50 bits per heavy atom. The van der Waals surface area contributed by atoms with Gasteiger partial charge >= 0.3 is 0 Å². The van der Waals surface area contributed by atoms with Gasteiger partial charge in [-0.1, -0.05) is 28.1 Å². The highest BCUT2D eigenvalue weighted by molar-refractivity contribution is 9.10. The van der Waals surface area contributed by atoms with Gasteiger partial charge in [-0.2, -0.15) is 0 Å². The first kappa shape index (κ1) is 8.93. The Bertz CT molecular complexity index is 303. The molecule has 4 heteroatoms. The third-order valence-corrected chi connectivity index (χ3v) is 1.85. The lowest BCUT2D eigenvalue weighted by Crippen LogP contribution is -1.98. The summed E-state index contributed by atoms with van der Waals surface area (Å²) in [5, 5.41) is 7.41. The summed E-state index contributed by atoms with van der Waals surface area (Å²) in [5.41, 5.74) is 5.80. The zero-order valence-corrected chi connectivity index (χ0v) is 7.88. The van der Waals surface area contributed by atoms with Crippen molar-refractivity contribution < 1.29 is 0 Å². The molecular weight excluding hydrogens is 218 g/mol. The largest absolute Gasteiger partial charge is 0.390 e. The van der Waals surface area contributed by atoms with Gasteiger partial charge in [0.15, 0.2) is 5.84 Å². The van der Waals surface area contributed by atoms with Gasteiger partial charge in [-0.25, -0.2) is 4.99 Å². The maximum atomic E-state index is 7.41. The molecule has 0 saturated carbocycles. The van der Waals surface area contributed by atoms with Crippen molar-refractivity contribution >= 4 is 28.1 Å². The van der Waals surface area contributed by atoms with Crippen molar-refractivity contribution in [3.63, 3.8) is 0 Å². The van der Waals surface area contributed by atoms with E-state index in [0.29, 0.717) is 0 Å². The molecule has 1 aromatic rings. The average Bonchev–Trinajstić information content (AvgIpc) is 2.06. The second-order valence-electron chi connectivity index (χ2n) is 2.13. The van der Waals surface area contributed by atoms with Crippen molar-refractivity contribution in [1.29, 1.82) is 5.41 Å². The number of nitrogens with one attached hydrogen (secondary N) is 1. The summed E-state index contributed by atoms with van der Waals surface area (Å²) in [7, 11) is 0. The van der Waals surface area contributed by atoms with Gasteiger partial charge in [0.25, 0.3) is 0 Å². The minimum atomic E-state index is 0.171. The van der Waals surface area contributed by atoms with Crippen molar-refractivity contribution in [2.45, 2.75) is 0 Å². The standard InChI is InChI=1S/C8H8BrN3/c9-7-3-1-6(2-4-7)8(11)12-5-10/h1-5H,(H3,10,11,12). The summed E-state index contributed by atoms with van der Waals surface area (Å²) < 4.78 is 0.982. The fourth-order valence-corrected chi connectivity index (χ4v) is 1.02. The number of hydrogen-bond acceptors (Lipinski definition) is 1. The van der Waals surface area contributed by atoms with Crippen LogP contribution in [0.1, 0.15) is 5.56 Å². The van der Waals surface area contributed by atoms with Crippen molar-refractivity contribution in [2.75, 3.05) is 0 Å². The molecule has 0 unspecified atom stereocenters. The first-order chi connectivity index (χ1) is 5.74. The summed E-state index contributed by atoms with van der Waals surface area (Å²) in [5.74, 6) is 0.171. The van der Waals surface area contributed by atoms with Gasteiger partial charge in [0.1, 0.15) is 0 Å². The number of halogens is 1.